The van der Waals surface area contributed by atoms with Crippen molar-refractivity contribution < 1.29 is 5.11 Å². The summed E-state index contributed by atoms with van der Waals surface area (Å²) in [4.78, 5) is 4.78. The third-order valence-electron chi connectivity index (χ3n) is 3.61. The fraction of sp³-hybridized carbons (Fsp3) is 1.00. The summed E-state index contributed by atoms with van der Waals surface area (Å²) in [6.07, 6.45) is 1.11. The number of aliphatic hydroxyl groups excluding tert-OH is 1. The first-order valence-electron chi connectivity index (χ1n) is 5.52. The van der Waals surface area contributed by atoms with Gasteiger partial charge in [0.15, 0.2) is 0 Å². The summed E-state index contributed by atoms with van der Waals surface area (Å²) in [6, 6.07) is 0. The van der Waals surface area contributed by atoms with Gasteiger partial charge in [-0.2, -0.15) is 0 Å². The van der Waals surface area contributed by atoms with E-state index >= 15 is 0 Å². The number of likely N-dealkylation sites (tertiary alicyclic amines) is 1. The molecule has 14 heavy (non-hydrogen) atoms. The van der Waals surface area contributed by atoms with Gasteiger partial charge in [0.1, 0.15) is 0 Å². The molecule has 2 heterocycles. The highest BCUT2D eigenvalue weighted by molar-refractivity contribution is 4.99. The number of hydrogen-bond acceptors (Lipinski definition) is 4. The summed E-state index contributed by atoms with van der Waals surface area (Å²) in [5.41, 5.74) is 0.0524. The van der Waals surface area contributed by atoms with Gasteiger partial charge in [-0.3, -0.25) is 4.90 Å². The minimum Gasteiger partial charge on any atom is -0.394 e. The van der Waals surface area contributed by atoms with Crippen LogP contribution in [0.25, 0.3) is 0 Å². The topological polar surface area (TPSA) is 38.7 Å². The van der Waals surface area contributed by atoms with Gasteiger partial charge >= 0.3 is 0 Å². The molecule has 2 aliphatic heterocycles. The molecular formula is C10H21N3O. The first-order chi connectivity index (χ1) is 6.77. The molecule has 0 aliphatic carbocycles. The minimum absolute atomic E-state index is 0.0524. The minimum atomic E-state index is 0.0524. The zero-order valence-corrected chi connectivity index (χ0v) is 9.00. The number of piperazine rings is 1. The van der Waals surface area contributed by atoms with E-state index in [4.69, 9.17) is 0 Å². The Hall–Kier alpha value is -0.160. The number of nitrogens with one attached hydrogen (secondary N) is 1. The Balaban J connectivity index is 2.03. The summed E-state index contributed by atoms with van der Waals surface area (Å²) in [5.74, 6) is 0. The molecule has 0 saturated carbocycles. The molecular weight excluding hydrogens is 178 g/mol. The van der Waals surface area contributed by atoms with E-state index in [0.717, 1.165) is 45.7 Å². The van der Waals surface area contributed by atoms with E-state index in [1.807, 2.05) is 0 Å². The molecule has 2 fully saturated rings. The van der Waals surface area contributed by atoms with Crippen molar-refractivity contribution in [3.05, 3.63) is 0 Å². The number of rotatable bonds is 2. The zero-order chi connectivity index (χ0) is 10.0. The van der Waals surface area contributed by atoms with Gasteiger partial charge in [-0.1, -0.05) is 0 Å². The van der Waals surface area contributed by atoms with Crippen LogP contribution in [-0.4, -0.2) is 73.4 Å². The Labute approximate surface area is 85.9 Å². The van der Waals surface area contributed by atoms with Crippen LogP contribution in [0.3, 0.4) is 0 Å². The van der Waals surface area contributed by atoms with Gasteiger partial charge in [0, 0.05) is 32.7 Å². The molecule has 82 valence electrons. The second-order valence-electron chi connectivity index (χ2n) is 4.61. The smallest absolute Gasteiger partial charge is 0.0628 e. The van der Waals surface area contributed by atoms with Gasteiger partial charge < -0.3 is 15.3 Å². The molecule has 2 saturated heterocycles. The maximum Gasteiger partial charge on any atom is 0.0628 e. The van der Waals surface area contributed by atoms with Crippen molar-refractivity contribution in [1.29, 1.82) is 0 Å². The lowest BCUT2D eigenvalue weighted by molar-refractivity contribution is 0.0285. The van der Waals surface area contributed by atoms with E-state index in [0.29, 0.717) is 6.61 Å². The zero-order valence-electron chi connectivity index (χ0n) is 9.00. The molecule has 0 aromatic rings. The third-order valence-corrected chi connectivity index (χ3v) is 3.61. The van der Waals surface area contributed by atoms with Crippen LogP contribution in [0.1, 0.15) is 6.42 Å². The fourth-order valence-corrected chi connectivity index (χ4v) is 2.69. The molecule has 0 radical (unpaired) electrons. The predicted octanol–water partition coefficient (Wildman–Crippen LogP) is -1.04. The SMILES string of the molecule is CN1CCC(CO)(N2CCNCC2)C1. The Morgan fingerprint density at radius 2 is 2.00 bits per heavy atom. The van der Waals surface area contributed by atoms with Gasteiger partial charge in [-0.15, -0.1) is 0 Å². The van der Waals surface area contributed by atoms with Crippen LogP contribution < -0.4 is 5.32 Å². The molecule has 1 atom stereocenters. The van der Waals surface area contributed by atoms with Crippen LogP contribution in [0.2, 0.25) is 0 Å². The molecule has 1 unspecified atom stereocenters. The summed E-state index contributed by atoms with van der Waals surface area (Å²) < 4.78 is 0. The van der Waals surface area contributed by atoms with Crippen LogP contribution in [0.5, 0.6) is 0 Å². The average Bonchev–Trinajstić information content (AvgIpc) is 2.63. The highest BCUT2D eigenvalue weighted by Gasteiger charge is 2.41. The molecule has 2 rings (SSSR count). The van der Waals surface area contributed by atoms with Crippen molar-refractivity contribution in [2.75, 3.05) is 52.9 Å². The van der Waals surface area contributed by atoms with Crippen LogP contribution >= 0.6 is 0 Å². The highest BCUT2D eigenvalue weighted by atomic mass is 16.3. The van der Waals surface area contributed by atoms with E-state index in [2.05, 4.69) is 22.2 Å². The van der Waals surface area contributed by atoms with Crippen molar-refractivity contribution in [2.45, 2.75) is 12.0 Å². The summed E-state index contributed by atoms with van der Waals surface area (Å²) in [6.45, 7) is 6.71. The van der Waals surface area contributed by atoms with E-state index in [9.17, 15) is 5.11 Å². The molecule has 0 aromatic carbocycles. The van der Waals surface area contributed by atoms with Gasteiger partial charge in [-0.25, -0.2) is 0 Å². The quantitative estimate of drug-likeness (QED) is 0.596. The van der Waals surface area contributed by atoms with Crippen LogP contribution in [-0.2, 0) is 0 Å². The molecule has 2 N–H and O–H groups in total. The standard InChI is InChI=1S/C10H21N3O/c1-12-5-2-10(8-12,9-14)13-6-3-11-4-7-13/h11,14H,2-9H2,1H3. The van der Waals surface area contributed by atoms with Crippen molar-refractivity contribution >= 4 is 0 Å². The van der Waals surface area contributed by atoms with Crippen molar-refractivity contribution in [2.24, 2.45) is 0 Å². The molecule has 0 spiro atoms. The summed E-state index contributed by atoms with van der Waals surface area (Å²) >= 11 is 0. The number of aliphatic hydroxyl groups is 1. The lowest BCUT2D eigenvalue weighted by Gasteiger charge is -2.42. The lowest BCUT2D eigenvalue weighted by Crippen LogP contribution is -2.59. The highest BCUT2D eigenvalue weighted by Crippen LogP contribution is 2.26. The van der Waals surface area contributed by atoms with E-state index in [1.165, 1.54) is 0 Å². The van der Waals surface area contributed by atoms with Gasteiger partial charge in [0.2, 0.25) is 0 Å². The maximum atomic E-state index is 9.60. The molecule has 0 bridgehead atoms. The van der Waals surface area contributed by atoms with Crippen LogP contribution in [0.15, 0.2) is 0 Å². The number of hydrogen-bond donors (Lipinski definition) is 2. The normalized spacial score (nSPS) is 36.4. The predicted molar refractivity (Wildman–Crippen MR) is 56.4 cm³/mol. The first kappa shape index (κ1) is 10.4. The Kier molecular flexibility index (Phi) is 3.07. The number of likely N-dealkylation sites (N-methyl/N-ethyl adjacent to an activating group) is 1. The summed E-state index contributed by atoms with van der Waals surface area (Å²) in [7, 11) is 2.14. The Morgan fingerprint density at radius 3 is 2.50 bits per heavy atom. The van der Waals surface area contributed by atoms with Gasteiger partial charge in [0.05, 0.1) is 12.1 Å². The molecule has 4 nitrogen and oxygen atoms in total. The Morgan fingerprint density at radius 1 is 1.29 bits per heavy atom. The monoisotopic (exact) mass is 199 g/mol. The summed E-state index contributed by atoms with van der Waals surface area (Å²) in [5, 5.41) is 13.0. The van der Waals surface area contributed by atoms with Crippen molar-refractivity contribution in [1.82, 2.24) is 15.1 Å². The molecule has 0 aromatic heterocycles. The average molecular weight is 199 g/mol. The first-order valence-corrected chi connectivity index (χ1v) is 5.52. The molecule has 2 aliphatic rings. The van der Waals surface area contributed by atoms with Crippen LogP contribution in [0.4, 0.5) is 0 Å². The number of nitrogens with zero attached hydrogens (tertiary/aromatic N) is 2. The second kappa shape index (κ2) is 4.14. The van der Waals surface area contributed by atoms with E-state index in [1.54, 1.807) is 0 Å². The van der Waals surface area contributed by atoms with Crippen LogP contribution in [0, 0.1) is 0 Å². The largest absolute Gasteiger partial charge is 0.394 e. The van der Waals surface area contributed by atoms with Crippen molar-refractivity contribution in [3.63, 3.8) is 0 Å². The third kappa shape index (κ3) is 1.80. The molecule has 0 amide bonds. The lowest BCUT2D eigenvalue weighted by atomic mass is 9.96. The van der Waals surface area contributed by atoms with Gasteiger partial charge in [-0.05, 0) is 20.0 Å². The van der Waals surface area contributed by atoms with E-state index in [-0.39, 0.29) is 5.54 Å². The molecule has 4 heteroatoms. The van der Waals surface area contributed by atoms with E-state index < -0.39 is 0 Å². The fourth-order valence-electron chi connectivity index (χ4n) is 2.69. The maximum absolute atomic E-state index is 9.60. The Bertz CT molecular complexity index is 194. The second-order valence-corrected chi connectivity index (χ2v) is 4.61. The van der Waals surface area contributed by atoms with Crippen molar-refractivity contribution in [3.8, 4) is 0 Å². The van der Waals surface area contributed by atoms with Gasteiger partial charge in [0.25, 0.3) is 0 Å².